The second-order valence-corrected chi connectivity index (χ2v) is 2.97. The van der Waals surface area contributed by atoms with Gasteiger partial charge in [-0.1, -0.05) is 6.08 Å². The van der Waals surface area contributed by atoms with Crippen molar-refractivity contribution in [2.45, 2.75) is 13.8 Å². The van der Waals surface area contributed by atoms with Crippen LogP contribution in [0.1, 0.15) is 13.8 Å². The summed E-state index contributed by atoms with van der Waals surface area (Å²) in [4.78, 5) is -0.0162. The van der Waals surface area contributed by atoms with Gasteiger partial charge in [-0.05, 0) is 13.8 Å². The molecule has 0 bridgehead atoms. The van der Waals surface area contributed by atoms with E-state index in [2.05, 4.69) is 0 Å². The molecular formula is C4H8O3S. The molecule has 0 saturated carbocycles. The van der Waals surface area contributed by atoms with Gasteiger partial charge in [0.1, 0.15) is 0 Å². The summed E-state index contributed by atoms with van der Waals surface area (Å²) in [6, 6.07) is 0. The lowest BCUT2D eigenvalue weighted by Crippen LogP contribution is -1.96. The zero-order chi connectivity index (χ0) is 6.78. The smallest absolute Gasteiger partial charge is 0.282 e. The van der Waals surface area contributed by atoms with E-state index < -0.39 is 10.1 Å². The average molecular weight is 136 g/mol. The Morgan fingerprint density at radius 3 is 2.00 bits per heavy atom. The number of allylic oxidation sites excluding steroid dienone is 2. The molecule has 0 radical (unpaired) electrons. The summed E-state index contributed by atoms with van der Waals surface area (Å²) in [5.41, 5.74) is 0. The van der Waals surface area contributed by atoms with Crippen LogP contribution >= 0.6 is 0 Å². The molecule has 4 heteroatoms. The van der Waals surface area contributed by atoms with Crippen LogP contribution in [0.4, 0.5) is 0 Å². The SMILES string of the molecule is C/C=C(\C)S(=O)(=O)O. The first-order chi connectivity index (χ1) is 3.48. The molecule has 1 N–H and O–H groups in total. The highest BCUT2D eigenvalue weighted by atomic mass is 32.2. The standard InChI is InChI=1S/C4H8O3S/c1-3-4(2)8(5,6)7/h3H,1-2H3,(H,5,6,7)/b4-3+. The van der Waals surface area contributed by atoms with Crippen LogP contribution in [0.2, 0.25) is 0 Å². The molecule has 8 heavy (non-hydrogen) atoms. The molecule has 0 heterocycles. The second kappa shape index (κ2) is 2.28. The second-order valence-electron chi connectivity index (χ2n) is 1.37. The molecule has 0 amide bonds. The Morgan fingerprint density at radius 1 is 1.62 bits per heavy atom. The van der Waals surface area contributed by atoms with Gasteiger partial charge in [-0.15, -0.1) is 0 Å². The Morgan fingerprint density at radius 2 is 2.00 bits per heavy atom. The van der Waals surface area contributed by atoms with E-state index in [0.717, 1.165) is 0 Å². The summed E-state index contributed by atoms with van der Waals surface area (Å²) < 4.78 is 28.3. The first kappa shape index (κ1) is 7.65. The number of rotatable bonds is 1. The maximum Gasteiger partial charge on any atom is 0.290 e. The minimum atomic E-state index is -3.89. The van der Waals surface area contributed by atoms with Crippen LogP contribution in [0.15, 0.2) is 11.0 Å². The molecule has 48 valence electrons. The van der Waals surface area contributed by atoms with Crippen molar-refractivity contribution in [1.82, 2.24) is 0 Å². The van der Waals surface area contributed by atoms with E-state index >= 15 is 0 Å². The summed E-state index contributed by atoms with van der Waals surface area (Å²) in [5, 5.41) is 0. The molecule has 0 atom stereocenters. The fraction of sp³-hybridized carbons (Fsp3) is 0.500. The number of hydrogen-bond acceptors (Lipinski definition) is 2. The van der Waals surface area contributed by atoms with Crippen molar-refractivity contribution in [1.29, 1.82) is 0 Å². The van der Waals surface area contributed by atoms with Crippen LogP contribution in [-0.2, 0) is 10.1 Å². The molecule has 0 aromatic carbocycles. The maximum absolute atomic E-state index is 10.0. The quantitative estimate of drug-likeness (QED) is 0.542. The molecule has 0 aliphatic heterocycles. The molecule has 0 rings (SSSR count). The van der Waals surface area contributed by atoms with Crippen LogP contribution in [0.25, 0.3) is 0 Å². The summed E-state index contributed by atoms with van der Waals surface area (Å²) in [6.07, 6.45) is 1.33. The molecule has 0 aromatic rings. The van der Waals surface area contributed by atoms with Gasteiger partial charge in [-0.3, -0.25) is 4.55 Å². The van der Waals surface area contributed by atoms with E-state index in [4.69, 9.17) is 4.55 Å². The minimum Gasteiger partial charge on any atom is -0.282 e. The van der Waals surface area contributed by atoms with Gasteiger partial charge in [-0.2, -0.15) is 8.42 Å². The van der Waals surface area contributed by atoms with Gasteiger partial charge in [0.25, 0.3) is 10.1 Å². The van der Waals surface area contributed by atoms with Crippen LogP contribution < -0.4 is 0 Å². The summed E-state index contributed by atoms with van der Waals surface area (Å²) in [6.45, 7) is 2.87. The maximum atomic E-state index is 10.0. The van der Waals surface area contributed by atoms with Gasteiger partial charge in [0.2, 0.25) is 0 Å². The predicted octanol–water partition coefficient (Wildman–Crippen LogP) is 0.798. The monoisotopic (exact) mass is 136 g/mol. The molecule has 3 nitrogen and oxygen atoms in total. The van der Waals surface area contributed by atoms with Gasteiger partial charge in [0.15, 0.2) is 0 Å². The molecule has 0 aliphatic carbocycles. The van der Waals surface area contributed by atoms with Gasteiger partial charge in [-0.25, -0.2) is 0 Å². The van der Waals surface area contributed by atoms with E-state index in [1.54, 1.807) is 6.92 Å². The average Bonchev–Trinajstić information content (AvgIpc) is 1.62. The molecule has 0 aliphatic rings. The van der Waals surface area contributed by atoms with Crippen LogP contribution in [0, 0.1) is 0 Å². The molecule has 0 aromatic heterocycles. The zero-order valence-electron chi connectivity index (χ0n) is 4.75. The van der Waals surface area contributed by atoms with E-state index in [1.807, 2.05) is 0 Å². The third-order valence-electron chi connectivity index (χ3n) is 0.813. The third-order valence-corrected chi connectivity index (χ3v) is 1.86. The van der Waals surface area contributed by atoms with Crippen molar-refractivity contribution >= 4 is 10.1 Å². The lowest BCUT2D eigenvalue weighted by molar-refractivity contribution is 0.491. The Kier molecular flexibility index (Phi) is 2.18. The first-order valence-electron chi connectivity index (χ1n) is 2.09. The third kappa shape index (κ3) is 2.09. The molecule has 0 saturated heterocycles. The van der Waals surface area contributed by atoms with E-state index in [9.17, 15) is 8.42 Å². The largest absolute Gasteiger partial charge is 0.290 e. The van der Waals surface area contributed by atoms with E-state index in [1.165, 1.54) is 13.0 Å². The summed E-state index contributed by atoms with van der Waals surface area (Å²) in [5.74, 6) is 0. The van der Waals surface area contributed by atoms with Crippen molar-refractivity contribution in [2.24, 2.45) is 0 Å². The van der Waals surface area contributed by atoms with Crippen molar-refractivity contribution in [3.63, 3.8) is 0 Å². The van der Waals surface area contributed by atoms with Crippen molar-refractivity contribution < 1.29 is 13.0 Å². The highest BCUT2D eigenvalue weighted by molar-refractivity contribution is 7.89. The normalized spacial score (nSPS) is 14.1. The minimum absolute atomic E-state index is 0.0162. The van der Waals surface area contributed by atoms with Crippen LogP contribution in [-0.4, -0.2) is 13.0 Å². The van der Waals surface area contributed by atoms with Crippen molar-refractivity contribution in [2.75, 3.05) is 0 Å². The predicted molar refractivity (Wildman–Crippen MR) is 31.0 cm³/mol. The lowest BCUT2D eigenvalue weighted by Gasteiger charge is -1.89. The zero-order valence-corrected chi connectivity index (χ0v) is 5.57. The summed E-state index contributed by atoms with van der Waals surface area (Å²) >= 11 is 0. The van der Waals surface area contributed by atoms with Gasteiger partial charge in [0.05, 0.1) is 4.91 Å². The van der Waals surface area contributed by atoms with E-state index in [-0.39, 0.29) is 4.91 Å². The molecule has 0 fully saturated rings. The fourth-order valence-electron chi connectivity index (χ4n) is 0.149. The summed E-state index contributed by atoms with van der Waals surface area (Å²) in [7, 11) is -3.89. The van der Waals surface area contributed by atoms with Crippen molar-refractivity contribution in [3.8, 4) is 0 Å². The Hall–Kier alpha value is -0.350. The Balaban J connectivity index is 4.55. The van der Waals surface area contributed by atoms with Crippen molar-refractivity contribution in [3.05, 3.63) is 11.0 Å². The number of hydrogen-bond donors (Lipinski definition) is 1. The van der Waals surface area contributed by atoms with Gasteiger partial charge >= 0.3 is 0 Å². The first-order valence-corrected chi connectivity index (χ1v) is 3.53. The highest BCUT2D eigenvalue weighted by Crippen LogP contribution is 1.99. The fourth-order valence-corrected chi connectivity index (χ4v) is 0.447. The Bertz CT molecular complexity index is 187. The van der Waals surface area contributed by atoms with Crippen LogP contribution in [0.3, 0.4) is 0 Å². The topological polar surface area (TPSA) is 54.4 Å². The van der Waals surface area contributed by atoms with Gasteiger partial charge < -0.3 is 0 Å². The van der Waals surface area contributed by atoms with E-state index in [0.29, 0.717) is 0 Å². The molecule has 0 unspecified atom stereocenters. The molecular weight excluding hydrogens is 128 g/mol. The van der Waals surface area contributed by atoms with Gasteiger partial charge in [0, 0.05) is 0 Å². The highest BCUT2D eigenvalue weighted by Gasteiger charge is 2.03. The van der Waals surface area contributed by atoms with Crippen LogP contribution in [0.5, 0.6) is 0 Å². The Labute approximate surface area is 48.8 Å². The lowest BCUT2D eigenvalue weighted by atomic mass is 10.6. The molecule has 0 spiro atoms.